The predicted molar refractivity (Wildman–Crippen MR) is 82.1 cm³/mol. The molecule has 2 rings (SSSR count). The van der Waals surface area contributed by atoms with E-state index in [-0.39, 0.29) is 0 Å². The fraction of sp³-hybridized carbons (Fsp3) is 0.688. The summed E-state index contributed by atoms with van der Waals surface area (Å²) in [4.78, 5) is 7.11. The van der Waals surface area contributed by atoms with E-state index in [4.69, 9.17) is 4.74 Å². The van der Waals surface area contributed by atoms with Crippen LogP contribution in [-0.2, 0) is 6.54 Å². The fourth-order valence-electron chi connectivity index (χ4n) is 2.88. The highest BCUT2D eigenvalue weighted by Gasteiger charge is 2.16. The first kappa shape index (κ1) is 15.3. The minimum atomic E-state index is 0.774. The van der Waals surface area contributed by atoms with Gasteiger partial charge >= 0.3 is 0 Å². The van der Waals surface area contributed by atoms with Gasteiger partial charge in [0, 0.05) is 30.9 Å². The summed E-state index contributed by atoms with van der Waals surface area (Å²) in [6.45, 7) is 9.71. The molecule has 0 radical (unpaired) electrons. The highest BCUT2D eigenvalue weighted by Crippen LogP contribution is 2.17. The Morgan fingerprint density at radius 2 is 2.30 bits per heavy atom. The highest BCUT2D eigenvalue weighted by molar-refractivity contribution is 5.26. The lowest BCUT2D eigenvalue weighted by Crippen LogP contribution is -2.38. The van der Waals surface area contributed by atoms with E-state index in [0.717, 1.165) is 49.2 Å². The predicted octanol–water partition coefficient (Wildman–Crippen LogP) is 2.22. The first-order chi connectivity index (χ1) is 9.71. The van der Waals surface area contributed by atoms with Crippen molar-refractivity contribution in [2.75, 3.05) is 33.3 Å². The molecule has 0 amide bonds. The van der Waals surface area contributed by atoms with E-state index in [1.54, 1.807) is 7.11 Å². The van der Waals surface area contributed by atoms with Gasteiger partial charge in [0.1, 0.15) is 5.75 Å². The topological polar surface area (TPSA) is 37.4 Å². The number of rotatable bonds is 6. The average molecular weight is 277 g/mol. The Kier molecular flexibility index (Phi) is 5.80. The molecule has 1 aromatic heterocycles. The number of methoxy groups -OCH3 is 1. The van der Waals surface area contributed by atoms with Crippen LogP contribution in [0.3, 0.4) is 0 Å². The zero-order valence-electron chi connectivity index (χ0n) is 13.0. The summed E-state index contributed by atoms with van der Waals surface area (Å²) in [7, 11) is 1.71. The molecule has 1 fully saturated rings. The van der Waals surface area contributed by atoms with Crippen molar-refractivity contribution in [2.45, 2.75) is 33.2 Å². The molecule has 4 heteroatoms. The number of aromatic nitrogens is 1. The first-order valence-corrected chi connectivity index (χ1v) is 7.66. The SMILES string of the molecule is CCN(Cc1cc(OC)cc(C)n1)CC1CCCNC1. The monoisotopic (exact) mass is 277 g/mol. The molecule has 0 spiro atoms. The van der Waals surface area contributed by atoms with Crippen LogP contribution in [-0.4, -0.2) is 43.2 Å². The third kappa shape index (κ3) is 4.46. The average Bonchev–Trinajstić information content (AvgIpc) is 2.47. The number of nitrogens with one attached hydrogen (secondary N) is 1. The lowest BCUT2D eigenvalue weighted by molar-refractivity contribution is 0.207. The van der Waals surface area contributed by atoms with Gasteiger partial charge in [0.05, 0.1) is 12.8 Å². The molecule has 4 nitrogen and oxygen atoms in total. The molecule has 1 saturated heterocycles. The van der Waals surface area contributed by atoms with Gasteiger partial charge in [-0.05, 0) is 45.3 Å². The zero-order valence-corrected chi connectivity index (χ0v) is 13.0. The molecule has 1 aliphatic heterocycles. The summed E-state index contributed by atoms with van der Waals surface area (Å²) in [5.74, 6) is 1.68. The largest absolute Gasteiger partial charge is 0.497 e. The number of pyridine rings is 1. The van der Waals surface area contributed by atoms with Crippen molar-refractivity contribution in [3.05, 3.63) is 23.5 Å². The van der Waals surface area contributed by atoms with Crippen LogP contribution in [0.4, 0.5) is 0 Å². The summed E-state index contributed by atoms with van der Waals surface area (Å²) >= 11 is 0. The number of nitrogens with zero attached hydrogens (tertiary/aromatic N) is 2. The Morgan fingerprint density at radius 3 is 2.95 bits per heavy atom. The van der Waals surface area contributed by atoms with Crippen molar-refractivity contribution >= 4 is 0 Å². The van der Waals surface area contributed by atoms with Crippen molar-refractivity contribution in [3.8, 4) is 5.75 Å². The van der Waals surface area contributed by atoms with Gasteiger partial charge in [0.2, 0.25) is 0 Å². The van der Waals surface area contributed by atoms with E-state index in [0.29, 0.717) is 0 Å². The number of hydrogen-bond acceptors (Lipinski definition) is 4. The maximum Gasteiger partial charge on any atom is 0.122 e. The van der Waals surface area contributed by atoms with Gasteiger partial charge in [-0.1, -0.05) is 6.92 Å². The quantitative estimate of drug-likeness (QED) is 0.865. The van der Waals surface area contributed by atoms with Crippen molar-refractivity contribution in [1.29, 1.82) is 0 Å². The number of piperidine rings is 1. The smallest absolute Gasteiger partial charge is 0.122 e. The minimum absolute atomic E-state index is 0.774. The molecule has 1 aliphatic rings. The summed E-state index contributed by atoms with van der Waals surface area (Å²) in [6.07, 6.45) is 2.65. The van der Waals surface area contributed by atoms with Crippen LogP contribution in [0.15, 0.2) is 12.1 Å². The molecule has 2 heterocycles. The highest BCUT2D eigenvalue weighted by atomic mass is 16.5. The number of ether oxygens (including phenoxy) is 1. The second-order valence-electron chi connectivity index (χ2n) is 5.68. The van der Waals surface area contributed by atoms with Crippen molar-refractivity contribution < 1.29 is 4.74 Å². The molecule has 1 N–H and O–H groups in total. The van der Waals surface area contributed by atoms with Crippen LogP contribution >= 0.6 is 0 Å². The third-order valence-corrected chi connectivity index (χ3v) is 3.96. The molecular weight excluding hydrogens is 250 g/mol. The molecule has 1 unspecified atom stereocenters. The fourth-order valence-corrected chi connectivity index (χ4v) is 2.88. The van der Waals surface area contributed by atoms with Gasteiger partial charge in [0.15, 0.2) is 0 Å². The standard InChI is InChI=1S/C16H27N3O/c1-4-19(11-14-6-5-7-17-10-14)12-15-9-16(20-3)8-13(2)18-15/h8-9,14,17H,4-7,10-12H2,1-3H3. The molecule has 0 aliphatic carbocycles. The van der Waals surface area contributed by atoms with Crippen molar-refractivity contribution in [3.63, 3.8) is 0 Å². The van der Waals surface area contributed by atoms with Gasteiger partial charge in [-0.15, -0.1) is 0 Å². The third-order valence-electron chi connectivity index (χ3n) is 3.96. The lowest BCUT2D eigenvalue weighted by atomic mass is 9.99. The molecule has 0 aromatic carbocycles. The molecule has 0 saturated carbocycles. The second kappa shape index (κ2) is 7.60. The van der Waals surface area contributed by atoms with E-state index in [1.165, 1.54) is 19.4 Å². The normalized spacial score (nSPS) is 19.3. The van der Waals surface area contributed by atoms with E-state index in [2.05, 4.69) is 28.2 Å². The number of hydrogen-bond donors (Lipinski definition) is 1. The maximum atomic E-state index is 5.33. The van der Waals surface area contributed by atoms with Crippen LogP contribution < -0.4 is 10.1 Å². The van der Waals surface area contributed by atoms with E-state index in [9.17, 15) is 0 Å². The molecule has 1 atom stereocenters. The van der Waals surface area contributed by atoms with Crippen molar-refractivity contribution in [2.24, 2.45) is 5.92 Å². The van der Waals surface area contributed by atoms with Crippen LogP contribution in [0.25, 0.3) is 0 Å². The van der Waals surface area contributed by atoms with Gasteiger partial charge in [-0.25, -0.2) is 0 Å². The van der Waals surface area contributed by atoms with Crippen LogP contribution in [0, 0.1) is 12.8 Å². The van der Waals surface area contributed by atoms with E-state index >= 15 is 0 Å². The second-order valence-corrected chi connectivity index (χ2v) is 5.68. The van der Waals surface area contributed by atoms with Crippen LogP contribution in [0.2, 0.25) is 0 Å². The summed E-state index contributed by atoms with van der Waals surface area (Å²) in [6, 6.07) is 4.03. The molecule has 0 bridgehead atoms. The first-order valence-electron chi connectivity index (χ1n) is 7.66. The van der Waals surface area contributed by atoms with Gasteiger partial charge in [-0.2, -0.15) is 0 Å². The Morgan fingerprint density at radius 1 is 1.45 bits per heavy atom. The van der Waals surface area contributed by atoms with Gasteiger partial charge < -0.3 is 10.1 Å². The van der Waals surface area contributed by atoms with Crippen LogP contribution in [0.1, 0.15) is 31.2 Å². The number of aryl methyl sites for hydroxylation is 1. The van der Waals surface area contributed by atoms with Gasteiger partial charge in [0.25, 0.3) is 0 Å². The molecular formula is C16H27N3O. The summed E-state index contributed by atoms with van der Waals surface area (Å²) in [5.41, 5.74) is 2.13. The Hall–Kier alpha value is -1.13. The Bertz CT molecular complexity index is 416. The summed E-state index contributed by atoms with van der Waals surface area (Å²) < 4.78 is 5.33. The van der Waals surface area contributed by atoms with Crippen LogP contribution in [0.5, 0.6) is 5.75 Å². The van der Waals surface area contributed by atoms with Gasteiger partial charge in [-0.3, -0.25) is 9.88 Å². The lowest BCUT2D eigenvalue weighted by Gasteiger charge is -2.29. The minimum Gasteiger partial charge on any atom is -0.497 e. The zero-order chi connectivity index (χ0) is 14.4. The molecule has 20 heavy (non-hydrogen) atoms. The Balaban J connectivity index is 1.96. The van der Waals surface area contributed by atoms with E-state index < -0.39 is 0 Å². The Labute approximate surface area is 122 Å². The summed E-state index contributed by atoms with van der Waals surface area (Å²) in [5, 5.41) is 3.49. The molecule has 112 valence electrons. The van der Waals surface area contributed by atoms with Crippen molar-refractivity contribution in [1.82, 2.24) is 15.2 Å². The molecule has 1 aromatic rings. The maximum absolute atomic E-state index is 5.33. The van der Waals surface area contributed by atoms with E-state index in [1.807, 2.05) is 13.0 Å².